The first kappa shape index (κ1) is 19.2. The van der Waals surface area contributed by atoms with Gasteiger partial charge in [0, 0.05) is 52.6 Å². The van der Waals surface area contributed by atoms with Crippen molar-refractivity contribution in [2.45, 2.75) is 33.1 Å². The molecule has 0 bridgehead atoms. The first-order valence-electron chi connectivity index (χ1n) is 8.70. The molecule has 2 atom stereocenters. The van der Waals surface area contributed by atoms with Crippen molar-refractivity contribution in [3.8, 4) is 0 Å². The Kier molecular flexibility index (Phi) is 6.25. The third kappa shape index (κ3) is 4.69. The van der Waals surface area contributed by atoms with Crippen LogP contribution >= 0.6 is 0 Å². The maximum absolute atomic E-state index is 12.6. The van der Waals surface area contributed by atoms with Crippen LogP contribution in [0.3, 0.4) is 0 Å². The molecule has 0 saturated carbocycles. The molecule has 0 spiro atoms. The second-order valence-corrected chi connectivity index (χ2v) is 8.91. The van der Waals surface area contributed by atoms with Crippen LogP contribution in [-0.2, 0) is 19.6 Å². The maximum atomic E-state index is 12.6. The van der Waals surface area contributed by atoms with Crippen LogP contribution in [0.15, 0.2) is 0 Å². The average Bonchev–Trinajstić information content (AvgIpc) is 2.54. The Balaban J connectivity index is 1.89. The number of sulfonamides is 1. The molecule has 2 amide bonds. The first-order valence-corrected chi connectivity index (χ1v) is 10.6. The van der Waals surface area contributed by atoms with Gasteiger partial charge in [0.1, 0.15) is 0 Å². The van der Waals surface area contributed by atoms with E-state index in [4.69, 9.17) is 0 Å². The summed E-state index contributed by atoms with van der Waals surface area (Å²) >= 11 is 0. The number of carbonyl (C=O) groups is 2. The lowest BCUT2D eigenvalue weighted by molar-refractivity contribution is -0.139. The third-order valence-corrected chi connectivity index (χ3v) is 6.63. The summed E-state index contributed by atoms with van der Waals surface area (Å²) < 4.78 is 25.0. The van der Waals surface area contributed by atoms with Crippen LogP contribution in [0.4, 0.5) is 0 Å². The molecule has 7 nitrogen and oxygen atoms in total. The predicted octanol–water partition coefficient (Wildman–Crippen LogP) is 0.375. The zero-order valence-electron chi connectivity index (χ0n) is 14.9. The van der Waals surface area contributed by atoms with Crippen molar-refractivity contribution in [3.05, 3.63) is 0 Å². The van der Waals surface area contributed by atoms with Crippen molar-refractivity contribution in [3.63, 3.8) is 0 Å². The summed E-state index contributed by atoms with van der Waals surface area (Å²) in [6.07, 6.45) is 3.35. The Bertz CT molecular complexity index is 570. The molecular weight excluding hydrogens is 330 g/mol. The van der Waals surface area contributed by atoms with Gasteiger partial charge in [0.15, 0.2) is 0 Å². The minimum Gasteiger partial charge on any atom is -0.339 e. The Labute approximate surface area is 145 Å². The van der Waals surface area contributed by atoms with Crippen LogP contribution < -0.4 is 0 Å². The van der Waals surface area contributed by atoms with Gasteiger partial charge in [0.2, 0.25) is 21.8 Å². The van der Waals surface area contributed by atoms with Crippen molar-refractivity contribution >= 4 is 21.8 Å². The highest BCUT2D eigenvalue weighted by Crippen LogP contribution is 2.30. The van der Waals surface area contributed by atoms with Crippen molar-refractivity contribution in [1.29, 1.82) is 0 Å². The van der Waals surface area contributed by atoms with Crippen LogP contribution in [0, 0.1) is 11.8 Å². The van der Waals surface area contributed by atoms with Gasteiger partial charge in [-0.1, -0.05) is 13.3 Å². The highest BCUT2D eigenvalue weighted by atomic mass is 32.2. The molecule has 24 heavy (non-hydrogen) atoms. The number of piperazine rings is 1. The molecule has 0 unspecified atom stereocenters. The van der Waals surface area contributed by atoms with Crippen LogP contribution in [-0.4, -0.2) is 79.9 Å². The van der Waals surface area contributed by atoms with E-state index in [1.807, 2.05) is 4.90 Å². The van der Waals surface area contributed by atoms with Gasteiger partial charge in [-0.15, -0.1) is 0 Å². The lowest BCUT2D eigenvalue weighted by Gasteiger charge is -2.39. The van der Waals surface area contributed by atoms with E-state index in [0.29, 0.717) is 45.7 Å². The number of hydrogen-bond acceptors (Lipinski definition) is 4. The molecular formula is C16H29N3O4S. The van der Waals surface area contributed by atoms with Gasteiger partial charge in [0.25, 0.3) is 0 Å². The van der Waals surface area contributed by atoms with Crippen LogP contribution in [0.25, 0.3) is 0 Å². The molecule has 0 N–H and O–H groups in total. The molecule has 2 saturated heterocycles. The van der Waals surface area contributed by atoms with Crippen LogP contribution in [0.5, 0.6) is 0 Å². The minimum atomic E-state index is -3.16. The second-order valence-electron chi connectivity index (χ2n) is 6.93. The standard InChI is InChI=1S/C16H29N3O4S/c1-4-14-12-19(24(3,22)23)6-5-15(14)11-16(21)18-9-7-17(8-10-18)13(2)20/h14-15H,4-12H2,1-3H3/t14-,15-/m0/s1. The van der Waals surface area contributed by atoms with E-state index >= 15 is 0 Å². The Morgan fingerprint density at radius 1 is 1.00 bits per heavy atom. The molecule has 2 aliphatic heterocycles. The largest absolute Gasteiger partial charge is 0.339 e. The predicted molar refractivity (Wildman–Crippen MR) is 91.8 cm³/mol. The zero-order valence-corrected chi connectivity index (χ0v) is 15.7. The molecule has 0 aliphatic carbocycles. The van der Waals surface area contributed by atoms with Gasteiger partial charge in [-0.25, -0.2) is 12.7 Å². The normalized spacial score (nSPS) is 26.5. The smallest absolute Gasteiger partial charge is 0.222 e. The monoisotopic (exact) mass is 359 g/mol. The van der Waals surface area contributed by atoms with Crippen molar-refractivity contribution in [2.75, 3.05) is 45.5 Å². The lowest BCUT2D eigenvalue weighted by atomic mass is 9.82. The fraction of sp³-hybridized carbons (Fsp3) is 0.875. The summed E-state index contributed by atoms with van der Waals surface area (Å²) in [6, 6.07) is 0. The molecule has 138 valence electrons. The van der Waals surface area contributed by atoms with E-state index in [9.17, 15) is 18.0 Å². The molecule has 2 fully saturated rings. The van der Waals surface area contributed by atoms with Gasteiger partial charge in [-0.2, -0.15) is 0 Å². The summed E-state index contributed by atoms with van der Waals surface area (Å²) in [5.41, 5.74) is 0. The maximum Gasteiger partial charge on any atom is 0.222 e. The Morgan fingerprint density at radius 2 is 1.58 bits per heavy atom. The van der Waals surface area contributed by atoms with Gasteiger partial charge in [0.05, 0.1) is 6.26 Å². The first-order chi connectivity index (χ1) is 11.2. The van der Waals surface area contributed by atoms with E-state index in [0.717, 1.165) is 12.8 Å². The number of nitrogens with zero attached hydrogens (tertiary/aromatic N) is 3. The molecule has 0 radical (unpaired) electrons. The quantitative estimate of drug-likeness (QED) is 0.727. The molecule has 2 aliphatic rings. The number of rotatable bonds is 4. The number of piperidine rings is 1. The highest BCUT2D eigenvalue weighted by Gasteiger charge is 2.34. The number of hydrogen-bond donors (Lipinski definition) is 0. The SMILES string of the molecule is CC[C@H]1CN(S(C)(=O)=O)CC[C@H]1CC(=O)N1CCN(C(C)=O)CC1. The second kappa shape index (κ2) is 7.82. The lowest BCUT2D eigenvalue weighted by Crippen LogP contribution is -2.51. The Hall–Kier alpha value is -1.15. The van der Waals surface area contributed by atoms with E-state index in [-0.39, 0.29) is 23.7 Å². The van der Waals surface area contributed by atoms with Crippen molar-refractivity contribution in [1.82, 2.24) is 14.1 Å². The van der Waals surface area contributed by atoms with E-state index in [1.54, 1.807) is 11.8 Å². The van der Waals surface area contributed by atoms with Crippen molar-refractivity contribution in [2.24, 2.45) is 11.8 Å². The molecule has 0 aromatic rings. The molecule has 2 heterocycles. The summed E-state index contributed by atoms with van der Waals surface area (Å²) in [7, 11) is -3.16. The average molecular weight is 359 g/mol. The minimum absolute atomic E-state index is 0.0568. The van der Waals surface area contributed by atoms with E-state index in [1.165, 1.54) is 10.6 Å². The van der Waals surface area contributed by atoms with Gasteiger partial charge >= 0.3 is 0 Å². The number of amides is 2. The molecule has 8 heteroatoms. The van der Waals surface area contributed by atoms with Gasteiger partial charge in [-0.05, 0) is 18.3 Å². The summed E-state index contributed by atoms with van der Waals surface area (Å²) in [5, 5.41) is 0. The zero-order chi connectivity index (χ0) is 17.9. The fourth-order valence-electron chi connectivity index (χ4n) is 3.70. The fourth-order valence-corrected chi connectivity index (χ4v) is 4.60. The van der Waals surface area contributed by atoms with Crippen LogP contribution in [0.2, 0.25) is 0 Å². The summed E-state index contributed by atoms with van der Waals surface area (Å²) in [5.74, 6) is 0.665. The summed E-state index contributed by atoms with van der Waals surface area (Å²) in [4.78, 5) is 27.5. The van der Waals surface area contributed by atoms with Crippen LogP contribution in [0.1, 0.15) is 33.1 Å². The van der Waals surface area contributed by atoms with Crippen molar-refractivity contribution < 1.29 is 18.0 Å². The summed E-state index contributed by atoms with van der Waals surface area (Å²) in [6.45, 7) is 7.03. The molecule has 2 rings (SSSR count). The highest BCUT2D eigenvalue weighted by molar-refractivity contribution is 7.88. The molecule has 0 aromatic heterocycles. The topological polar surface area (TPSA) is 78.0 Å². The third-order valence-electron chi connectivity index (χ3n) is 5.36. The molecule has 0 aromatic carbocycles. The van der Waals surface area contributed by atoms with E-state index < -0.39 is 10.0 Å². The van der Waals surface area contributed by atoms with Gasteiger partial charge < -0.3 is 9.80 Å². The van der Waals surface area contributed by atoms with Gasteiger partial charge in [-0.3, -0.25) is 9.59 Å². The number of carbonyl (C=O) groups excluding carboxylic acids is 2. The van der Waals surface area contributed by atoms with E-state index in [2.05, 4.69) is 6.92 Å². The Morgan fingerprint density at radius 3 is 2.08 bits per heavy atom.